The molecule has 2 aromatic heterocycles. The molecule has 0 radical (unpaired) electrons. The van der Waals surface area contributed by atoms with Crippen LogP contribution in [0.1, 0.15) is 16.7 Å². The Balaban J connectivity index is 1.74. The molecule has 1 aliphatic carbocycles. The van der Waals surface area contributed by atoms with Crippen LogP contribution in [-0.2, 0) is 18.5 Å². The molecule has 0 unspecified atom stereocenters. The molecule has 2 heterocycles. The number of nitrogens with zero attached hydrogens (tertiary/aromatic N) is 2. The van der Waals surface area contributed by atoms with Crippen molar-refractivity contribution in [2.24, 2.45) is 0 Å². The van der Waals surface area contributed by atoms with Crippen LogP contribution in [0.5, 0.6) is 0 Å². The van der Waals surface area contributed by atoms with Crippen LogP contribution in [0.2, 0.25) is 0 Å². The Morgan fingerprint density at radius 1 is 0.800 bits per heavy atom. The maximum absolute atomic E-state index is 14.7. The standard InChI is InChI=1S/C21H11F5N2O2/c22-20(23)10-13-16(12-8-4-5-9-14(12)20)27-30-19(13)17-15(21(24,25)26)18(29-28-17)11-6-2-1-3-7-11/h1-9H,10H2. The fourth-order valence-electron chi connectivity index (χ4n) is 3.69. The molecule has 4 aromatic rings. The predicted molar refractivity (Wildman–Crippen MR) is 95.5 cm³/mol. The molecule has 0 N–H and O–H groups in total. The van der Waals surface area contributed by atoms with Crippen molar-refractivity contribution >= 4 is 0 Å². The lowest BCUT2D eigenvalue weighted by molar-refractivity contribution is -0.136. The molecule has 0 spiro atoms. The SMILES string of the molecule is FC(F)(F)c1c(-c2onc3c2CC(F)(F)c2ccccc2-3)noc1-c1ccccc1. The van der Waals surface area contributed by atoms with Gasteiger partial charge in [0.15, 0.2) is 17.2 Å². The molecule has 0 amide bonds. The zero-order chi connectivity index (χ0) is 21.1. The number of rotatable bonds is 2. The minimum atomic E-state index is -4.87. The molecule has 4 nitrogen and oxygen atoms in total. The van der Waals surface area contributed by atoms with E-state index in [1.807, 2.05) is 0 Å². The Kier molecular flexibility index (Phi) is 3.86. The average molecular weight is 418 g/mol. The maximum atomic E-state index is 14.7. The maximum Gasteiger partial charge on any atom is 0.422 e. The second-order valence-electron chi connectivity index (χ2n) is 6.86. The van der Waals surface area contributed by atoms with E-state index in [1.165, 1.54) is 30.3 Å². The van der Waals surface area contributed by atoms with Crippen LogP contribution >= 0.6 is 0 Å². The molecule has 152 valence electrons. The molecular formula is C21H11F5N2O2. The van der Waals surface area contributed by atoms with E-state index in [1.54, 1.807) is 24.3 Å². The first-order valence-corrected chi connectivity index (χ1v) is 8.86. The zero-order valence-electron chi connectivity index (χ0n) is 15.0. The van der Waals surface area contributed by atoms with Gasteiger partial charge in [0, 0.05) is 28.7 Å². The topological polar surface area (TPSA) is 52.1 Å². The van der Waals surface area contributed by atoms with Gasteiger partial charge in [-0.15, -0.1) is 0 Å². The first-order chi connectivity index (χ1) is 14.3. The summed E-state index contributed by atoms with van der Waals surface area (Å²) in [5.41, 5.74) is -1.97. The summed E-state index contributed by atoms with van der Waals surface area (Å²) in [5, 5.41) is 7.33. The molecule has 9 heteroatoms. The number of hydrogen-bond donors (Lipinski definition) is 0. The van der Waals surface area contributed by atoms with E-state index in [4.69, 9.17) is 9.05 Å². The van der Waals surface area contributed by atoms with Crippen molar-refractivity contribution in [1.29, 1.82) is 0 Å². The van der Waals surface area contributed by atoms with Crippen molar-refractivity contribution in [3.8, 4) is 34.0 Å². The van der Waals surface area contributed by atoms with Gasteiger partial charge in [-0.05, 0) is 0 Å². The van der Waals surface area contributed by atoms with Gasteiger partial charge in [-0.25, -0.2) is 8.78 Å². The number of alkyl halides is 5. The molecule has 0 aliphatic heterocycles. The average Bonchev–Trinajstić information content (AvgIpc) is 3.32. The van der Waals surface area contributed by atoms with Gasteiger partial charge in [0.2, 0.25) is 0 Å². The van der Waals surface area contributed by atoms with Gasteiger partial charge in [-0.1, -0.05) is 64.9 Å². The normalized spacial score (nSPS) is 15.0. The summed E-state index contributed by atoms with van der Waals surface area (Å²) in [5.74, 6) is -4.29. The van der Waals surface area contributed by atoms with E-state index in [0.717, 1.165) is 0 Å². The van der Waals surface area contributed by atoms with E-state index in [0.29, 0.717) is 0 Å². The lowest BCUT2D eigenvalue weighted by Crippen LogP contribution is -2.22. The van der Waals surface area contributed by atoms with Gasteiger partial charge in [0.1, 0.15) is 11.3 Å². The van der Waals surface area contributed by atoms with Gasteiger partial charge in [-0.2, -0.15) is 13.2 Å². The second kappa shape index (κ2) is 6.25. The summed E-state index contributed by atoms with van der Waals surface area (Å²) in [6.45, 7) is 0. The van der Waals surface area contributed by atoms with Gasteiger partial charge < -0.3 is 9.05 Å². The highest BCUT2D eigenvalue weighted by Crippen LogP contribution is 2.50. The van der Waals surface area contributed by atoms with Gasteiger partial charge in [0.05, 0.1) is 0 Å². The van der Waals surface area contributed by atoms with Crippen molar-refractivity contribution in [2.45, 2.75) is 18.5 Å². The summed E-state index contributed by atoms with van der Waals surface area (Å²) in [7, 11) is 0. The largest absolute Gasteiger partial charge is 0.422 e. The smallest absolute Gasteiger partial charge is 0.355 e. The van der Waals surface area contributed by atoms with Crippen molar-refractivity contribution in [2.75, 3.05) is 0 Å². The highest BCUT2D eigenvalue weighted by molar-refractivity contribution is 5.79. The summed E-state index contributed by atoms with van der Waals surface area (Å²) < 4.78 is 81.4. The number of aromatic nitrogens is 2. The van der Waals surface area contributed by atoms with E-state index in [9.17, 15) is 22.0 Å². The Bertz CT molecular complexity index is 1240. The van der Waals surface area contributed by atoms with Crippen LogP contribution in [0.25, 0.3) is 34.0 Å². The lowest BCUT2D eigenvalue weighted by atomic mass is 9.85. The van der Waals surface area contributed by atoms with Gasteiger partial charge in [-0.3, -0.25) is 0 Å². The van der Waals surface area contributed by atoms with E-state index >= 15 is 0 Å². The molecule has 5 rings (SSSR count). The molecule has 0 saturated carbocycles. The molecule has 0 fully saturated rings. The van der Waals surface area contributed by atoms with Crippen molar-refractivity contribution < 1.29 is 31.0 Å². The molecule has 30 heavy (non-hydrogen) atoms. The third-order valence-corrected chi connectivity index (χ3v) is 4.99. The van der Waals surface area contributed by atoms with E-state index < -0.39 is 41.3 Å². The van der Waals surface area contributed by atoms with E-state index in [-0.39, 0.29) is 27.9 Å². The Morgan fingerprint density at radius 3 is 2.17 bits per heavy atom. The molecule has 0 atom stereocenters. The predicted octanol–water partition coefficient (Wildman–Crippen LogP) is 6.33. The van der Waals surface area contributed by atoms with Crippen LogP contribution in [-0.4, -0.2) is 10.3 Å². The molecular weight excluding hydrogens is 407 g/mol. The monoisotopic (exact) mass is 418 g/mol. The minimum absolute atomic E-state index is 0.0731. The molecule has 1 aliphatic rings. The Labute approximate surface area is 165 Å². The van der Waals surface area contributed by atoms with Crippen LogP contribution < -0.4 is 0 Å². The van der Waals surface area contributed by atoms with E-state index in [2.05, 4.69) is 10.3 Å². The third kappa shape index (κ3) is 2.72. The summed E-state index contributed by atoms with van der Waals surface area (Å²) in [6.07, 6.45) is -5.72. The first-order valence-electron chi connectivity index (χ1n) is 8.86. The molecule has 2 aromatic carbocycles. The Hall–Kier alpha value is -3.49. The summed E-state index contributed by atoms with van der Waals surface area (Å²) >= 11 is 0. The van der Waals surface area contributed by atoms with Gasteiger partial charge in [0.25, 0.3) is 5.92 Å². The molecule has 0 bridgehead atoms. The fourth-order valence-corrected chi connectivity index (χ4v) is 3.69. The van der Waals surface area contributed by atoms with Crippen molar-refractivity contribution in [3.63, 3.8) is 0 Å². The quantitative estimate of drug-likeness (QED) is 0.357. The van der Waals surface area contributed by atoms with Crippen LogP contribution in [0.4, 0.5) is 22.0 Å². The van der Waals surface area contributed by atoms with Crippen LogP contribution in [0.3, 0.4) is 0 Å². The number of fused-ring (bicyclic) bond motifs is 3. The summed E-state index contributed by atoms with van der Waals surface area (Å²) in [4.78, 5) is 0. The minimum Gasteiger partial charge on any atom is -0.355 e. The van der Waals surface area contributed by atoms with Crippen molar-refractivity contribution in [3.05, 3.63) is 71.3 Å². The highest BCUT2D eigenvalue weighted by Gasteiger charge is 2.46. The Morgan fingerprint density at radius 2 is 1.43 bits per heavy atom. The fraction of sp³-hybridized carbons (Fsp3) is 0.143. The van der Waals surface area contributed by atoms with Crippen molar-refractivity contribution in [1.82, 2.24) is 10.3 Å². The first kappa shape index (κ1) is 18.5. The second-order valence-corrected chi connectivity index (χ2v) is 6.86. The summed E-state index contributed by atoms with van der Waals surface area (Å²) in [6, 6.07) is 13.3. The number of hydrogen-bond acceptors (Lipinski definition) is 4. The molecule has 0 saturated heterocycles. The van der Waals surface area contributed by atoms with Crippen LogP contribution in [0, 0.1) is 0 Å². The number of halogens is 5. The third-order valence-electron chi connectivity index (χ3n) is 4.99. The number of benzene rings is 2. The lowest BCUT2D eigenvalue weighted by Gasteiger charge is -2.24. The van der Waals surface area contributed by atoms with Crippen LogP contribution in [0.15, 0.2) is 63.6 Å². The zero-order valence-corrected chi connectivity index (χ0v) is 15.0. The highest BCUT2D eigenvalue weighted by atomic mass is 19.4. The van der Waals surface area contributed by atoms with Gasteiger partial charge >= 0.3 is 6.18 Å².